The van der Waals surface area contributed by atoms with E-state index in [-0.39, 0.29) is 6.04 Å². The summed E-state index contributed by atoms with van der Waals surface area (Å²) < 4.78 is 5.53. The van der Waals surface area contributed by atoms with Gasteiger partial charge in [0, 0.05) is 33.7 Å². The lowest BCUT2D eigenvalue weighted by Crippen LogP contribution is -2.30. The van der Waals surface area contributed by atoms with Crippen LogP contribution in [0, 0.1) is 0 Å². The molecule has 2 N–H and O–H groups in total. The summed E-state index contributed by atoms with van der Waals surface area (Å²) in [4.78, 5) is 3.57. The highest BCUT2D eigenvalue weighted by Crippen LogP contribution is 2.37. The van der Waals surface area contributed by atoms with Crippen LogP contribution in [0.1, 0.15) is 22.9 Å². The molecule has 0 saturated carbocycles. The standard InChI is InChI=1S/C18H17ClN2O/c1-22-16-5-3-2-4-13(16)17-18-12(8-9-20-17)14-10-11(19)6-7-15(14)21-18/h2-7,10,17,20-21H,8-9H2,1H3. The minimum atomic E-state index is 0.117. The molecule has 2 aromatic carbocycles. The Balaban J connectivity index is 1.90. The maximum atomic E-state index is 6.17. The van der Waals surface area contributed by atoms with Crippen molar-refractivity contribution in [1.29, 1.82) is 0 Å². The van der Waals surface area contributed by atoms with Gasteiger partial charge in [-0.15, -0.1) is 0 Å². The van der Waals surface area contributed by atoms with Crippen LogP contribution in [0.15, 0.2) is 42.5 Å². The zero-order chi connectivity index (χ0) is 15.1. The molecule has 0 fully saturated rings. The van der Waals surface area contributed by atoms with Gasteiger partial charge in [-0.25, -0.2) is 0 Å². The Bertz CT molecular complexity index is 840. The number of rotatable bonds is 2. The van der Waals surface area contributed by atoms with E-state index < -0.39 is 0 Å². The van der Waals surface area contributed by atoms with Gasteiger partial charge < -0.3 is 15.0 Å². The molecule has 22 heavy (non-hydrogen) atoms. The van der Waals surface area contributed by atoms with Crippen molar-refractivity contribution in [3.8, 4) is 5.75 Å². The van der Waals surface area contributed by atoms with Crippen LogP contribution in [0.3, 0.4) is 0 Å². The third-order valence-electron chi connectivity index (χ3n) is 4.36. The summed E-state index contributed by atoms with van der Waals surface area (Å²) in [5.41, 5.74) is 4.86. The third-order valence-corrected chi connectivity index (χ3v) is 4.60. The first-order valence-corrected chi connectivity index (χ1v) is 7.82. The van der Waals surface area contributed by atoms with E-state index in [1.165, 1.54) is 16.6 Å². The minimum Gasteiger partial charge on any atom is -0.496 e. The number of H-pyrrole nitrogens is 1. The van der Waals surface area contributed by atoms with Crippen LogP contribution in [-0.4, -0.2) is 18.6 Å². The SMILES string of the molecule is COc1ccccc1C1NCCc2c1[nH]c1ccc(Cl)cc21. The average Bonchev–Trinajstić information content (AvgIpc) is 2.93. The molecule has 1 aromatic heterocycles. The van der Waals surface area contributed by atoms with Crippen LogP contribution in [-0.2, 0) is 6.42 Å². The fourth-order valence-electron chi connectivity index (χ4n) is 3.37. The molecule has 0 bridgehead atoms. The van der Waals surface area contributed by atoms with Gasteiger partial charge in [-0.3, -0.25) is 0 Å². The summed E-state index contributed by atoms with van der Waals surface area (Å²) in [5.74, 6) is 0.907. The molecule has 0 aliphatic carbocycles. The van der Waals surface area contributed by atoms with Crippen LogP contribution >= 0.6 is 11.6 Å². The van der Waals surface area contributed by atoms with Crippen molar-refractivity contribution in [3.05, 3.63) is 64.3 Å². The van der Waals surface area contributed by atoms with Crippen molar-refractivity contribution in [2.24, 2.45) is 0 Å². The van der Waals surface area contributed by atoms with E-state index in [0.29, 0.717) is 0 Å². The van der Waals surface area contributed by atoms with Crippen molar-refractivity contribution >= 4 is 22.5 Å². The Labute approximate surface area is 134 Å². The molecule has 4 rings (SSSR count). The van der Waals surface area contributed by atoms with Crippen molar-refractivity contribution in [2.45, 2.75) is 12.5 Å². The number of aromatic amines is 1. The van der Waals surface area contributed by atoms with Crippen LogP contribution < -0.4 is 10.1 Å². The van der Waals surface area contributed by atoms with Crippen molar-refractivity contribution in [3.63, 3.8) is 0 Å². The second-order valence-corrected chi connectivity index (χ2v) is 6.02. The predicted molar refractivity (Wildman–Crippen MR) is 89.9 cm³/mol. The average molecular weight is 313 g/mol. The Morgan fingerprint density at radius 3 is 2.91 bits per heavy atom. The number of nitrogens with one attached hydrogen (secondary N) is 2. The maximum absolute atomic E-state index is 6.17. The lowest BCUT2D eigenvalue weighted by atomic mass is 9.94. The number of methoxy groups -OCH3 is 1. The first kappa shape index (κ1) is 13.7. The highest BCUT2D eigenvalue weighted by molar-refractivity contribution is 6.31. The van der Waals surface area contributed by atoms with Crippen molar-refractivity contribution in [1.82, 2.24) is 10.3 Å². The fourth-order valence-corrected chi connectivity index (χ4v) is 3.54. The normalized spacial score (nSPS) is 17.5. The molecular weight excluding hydrogens is 296 g/mol. The lowest BCUT2D eigenvalue weighted by molar-refractivity contribution is 0.402. The predicted octanol–water partition coefficient (Wildman–Crippen LogP) is 4.07. The monoisotopic (exact) mass is 312 g/mol. The smallest absolute Gasteiger partial charge is 0.124 e. The summed E-state index contributed by atoms with van der Waals surface area (Å²) in [7, 11) is 1.72. The quantitative estimate of drug-likeness (QED) is 0.748. The van der Waals surface area contributed by atoms with Gasteiger partial charge in [-0.1, -0.05) is 29.8 Å². The molecule has 1 aliphatic rings. The molecule has 1 aliphatic heterocycles. The van der Waals surface area contributed by atoms with Gasteiger partial charge in [-0.2, -0.15) is 0 Å². The van der Waals surface area contributed by atoms with Gasteiger partial charge >= 0.3 is 0 Å². The van der Waals surface area contributed by atoms with Gasteiger partial charge in [0.15, 0.2) is 0 Å². The number of fused-ring (bicyclic) bond motifs is 3. The maximum Gasteiger partial charge on any atom is 0.124 e. The first-order valence-electron chi connectivity index (χ1n) is 7.44. The Kier molecular flexibility index (Phi) is 3.32. The highest BCUT2D eigenvalue weighted by Gasteiger charge is 2.27. The summed E-state index contributed by atoms with van der Waals surface area (Å²) >= 11 is 6.17. The van der Waals surface area contributed by atoms with Gasteiger partial charge in [-0.05, 0) is 36.2 Å². The number of hydrogen-bond acceptors (Lipinski definition) is 2. The van der Waals surface area contributed by atoms with E-state index in [1.807, 2.05) is 24.3 Å². The molecule has 3 aromatic rings. The zero-order valence-electron chi connectivity index (χ0n) is 12.3. The van der Waals surface area contributed by atoms with Gasteiger partial charge in [0.05, 0.1) is 13.2 Å². The van der Waals surface area contributed by atoms with Crippen LogP contribution in [0.25, 0.3) is 10.9 Å². The summed E-state index contributed by atoms with van der Waals surface area (Å²) in [5, 5.41) is 5.60. The highest BCUT2D eigenvalue weighted by atomic mass is 35.5. The first-order chi connectivity index (χ1) is 10.8. The van der Waals surface area contributed by atoms with Crippen molar-refractivity contribution in [2.75, 3.05) is 13.7 Å². The molecule has 0 spiro atoms. The summed E-state index contributed by atoms with van der Waals surface area (Å²) in [6, 6.07) is 14.3. The van der Waals surface area contributed by atoms with Crippen molar-refractivity contribution < 1.29 is 4.74 Å². The number of para-hydroxylation sites is 1. The zero-order valence-corrected chi connectivity index (χ0v) is 13.1. The molecule has 0 saturated heterocycles. The minimum absolute atomic E-state index is 0.117. The van der Waals surface area contributed by atoms with E-state index in [2.05, 4.69) is 28.5 Å². The molecular formula is C18H17ClN2O. The Morgan fingerprint density at radius 1 is 1.18 bits per heavy atom. The van der Waals surface area contributed by atoms with Gasteiger partial charge in [0.2, 0.25) is 0 Å². The van der Waals surface area contributed by atoms with Gasteiger partial charge in [0.25, 0.3) is 0 Å². The number of hydrogen-bond donors (Lipinski definition) is 2. The van der Waals surface area contributed by atoms with E-state index in [1.54, 1.807) is 7.11 Å². The van der Waals surface area contributed by atoms with Crippen LogP contribution in [0.2, 0.25) is 5.02 Å². The molecule has 112 valence electrons. The fraction of sp³-hybridized carbons (Fsp3) is 0.222. The van der Waals surface area contributed by atoms with E-state index in [4.69, 9.17) is 16.3 Å². The van der Waals surface area contributed by atoms with E-state index in [0.717, 1.165) is 34.8 Å². The number of halogens is 1. The molecule has 3 nitrogen and oxygen atoms in total. The molecule has 1 unspecified atom stereocenters. The van der Waals surface area contributed by atoms with E-state index >= 15 is 0 Å². The molecule has 2 heterocycles. The molecule has 0 radical (unpaired) electrons. The lowest BCUT2D eigenvalue weighted by Gasteiger charge is -2.26. The third kappa shape index (κ3) is 2.09. The Hall–Kier alpha value is -1.97. The van der Waals surface area contributed by atoms with Gasteiger partial charge in [0.1, 0.15) is 5.75 Å². The second kappa shape index (κ2) is 5.34. The molecule has 0 amide bonds. The topological polar surface area (TPSA) is 37.0 Å². The second-order valence-electron chi connectivity index (χ2n) is 5.59. The largest absolute Gasteiger partial charge is 0.496 e. The number of ether oxygens (including phenoxy) is 1. The van der Waals surface area contributed by atoms with Crippen LogP contribution in [0.5, 0.6) is 5.75 Å². The number of aromatic nitrogens is 1. The Morgan fingerprint density at radius 2 is 2.05 bits per heavy atom. The number of benzene rings is 2. The molecule has 1 atom stereocenters. The molecule has 4 heteroatoms. The summed E-state index contributed by atoms with van der Waals surface area (Å²) in [6.45, 7) is 0.940. The van der Waals surface area contributed by atoms with Crippen LogP contribution in [0.4, 0.5) is 0 Å². The summed E-state index contributed by atoms with van der Waals surface area (Å²) in [6.07, 6.45) is 1.00. The van der Waals surface area contributed by atoms with E-state index in [9.17, 15) is 0 Å².